The van der Waals surface area contributed by atoms with E-state index in [0.717, 1.165) is 34.8 Å². The fraction of sp³-hybridized carbons (Fsp3) is 0.440. The Bertz CT molecular complexity index is 1490. The van der Waals surface area contributed by atoms with Crippen LogP contribution in [0.25, 0.3) is 16.8 Å². The maximum absolute atomic E-state index is 15.2. The topological polar surface area (TPSA) is 106 Å². The Morgan fingerprint density at radius 1 is 1.15 bits per heavy atom. The van der Waals surface area contributed by atoms with Crippen LogP contribution in [0.4, 0.5) is 40.9 Å². The van der Waals surface area contributed by atoms with Crippen molar-refractivity contribution in [3.05, 3.63) is 47.0 Å². The van der Waals surface area contributed by atoms with Gasteiger partial charge in [-0.05, 0) is 24.6 Å². The Morgan fingerprint density at radius 3 is 2.44 bits per heavy atom. The van der Waals surface area contributed by atoms with E-state index in [2.05, 4.69) is 15.4 Å². The lowest BCUT2D eigenvalue weighted by Crippen LogP contribution is -2.42. The number of alkyl halides is 7. The summed E-state index contributed by atoms with van der Waals surface area (Å²) >= 11 is 0. The Kier molecular flexibility index (Phi) is 7.88. The van der Waals surface area contributed by atoms with Crippen molar-refractivity contribution in [2.24, 2.45) is 5.92 Å². The molecule has 0 bridgehead atoms. The molecule has 1 fully saturated rings. The van der Waals surface area contributed by atoms with Gasteiger partial charge in [0.1, 0.15) is 23.8 Å². The highest BCUT2D eigenvalue weighted by atomic mass is 19.4. The molecule has 3 aromatic rings. The first-order valence-corrected chi connectivity index (χ1v) is 12.3. The second kappa shape index (κ2) is 10.8. The molecule has 3 heterocycles. The molecule has 1 unspecified atom stereocenters. The Balaban J connectivity index is 1.65. The molecule has 0 aliphatic carbocycles. The lowest BCUT2D eigenvalue weighted by molar-refractivity contribution is -0.176. The zero-order valence-electron chi connectivity index (χ0n) is 21.6. The number of halogens is 8. The molecule has 222 valence electrons. The molecule has 3 atom stereocenters. The van der Waals surface area contributed by atoms with E-state index < -0.39 is 84.5 Å². The highest BCUT2D eigenvalue weighted by molar-refractivity contribution is 5.97. The van der Waals surface area contributed by atoms with Crippen LogP contribution in [-0.4, -0.2) is 62.8 Å². The van der Waals surface area contributed by atoms with Crippen LogP contribution in [0.1, 0.15) is 41.8 Å². The van der Waals surface area contributed by atoms with Crippen LogP contribution in [-0.2, 0) is 17.4 Å². The van der Waals surface area contributed by atoms with Gasteiger partial charge in [0.25, 0.3) is 5.91 Å². The fourth-order valence-electron chi connectivity index (χ4n) is 4.69. The summed E-state index contributed by atoms with van der Waals surface area (Å²) < 4.78 is 110. The standard InChI is InChI=1S/C25H24F8N6O2/c1-3-13-14(23(41)37-18-9-38(8-17(18)27)20(40)4-11(2)24(28,29)30)5-12(6-16(13)26)19-7-15(25(31,32)33)21-22(34)35-10-36-39(19)21/h5-7,10-11,17-18H,3-4,8-9H2,1-2H3,(H,37,41)(H2,34,35,36)/t11?,17-,18+/m0/s1. The van der Waals surface area contributed by atoms with Crippen LogP contribution < -0.4 is 11.1 Å². The minimum absolute atomic E-state index is 0.0175. The van der Waals surface area contributed by atoms with Gasteiger partial charge in [-0.25, -0.2) is 18.3 Å². The van der Waals surface area contributed by atoms with E-state index in [9.17, 15) is 40.3 Å². The van der Waals surface area contributed by atoms with Crippen LogP contribution in [0.2, 0.25) is 0 Å². The van der Waals surface area contributed by atoms with E-state index in [0.29, 0.717) is 6.07 Å². The van der Waals surface area contributed by atoms with Gasteiger partial charge >= 0.3 is 12.4 Å². The van der Waals surface area contributed by atoms with Crippen molar-refractivity contribution < 1.29 is 44.7 Å². The monoisotopic (exact) mass is 592 g/mol. The van der Waals surface area contributed by atoms with Crippen molar-refractivity contribution in [3.63, 3.8) is 0 Å². The van der Waals surface area contributed by atoms with Gasteiger partial charge in [-0.2, -0.15) is 31.4 Å². The molecule has 0 spiro atoms. The summed E-state index contributed by atoms with van der Waals surface area (Å²) in [4.78, 5) is 29.9. The SMILES string of the molecule is CCc1c(F)cc(-c2cc(C(F)(F)F)c3c(N)ncnn23)cc1C(=O)N[C@@H]1CN(C(=O)CC(C)C(F)(F)F)C[C@@H]1F. The molecule has 0 radical (unpaired) electrons. The zero-order valence-corrected chi connectivity index (χ0v) is 21.6. The average molecular weight is 592 g/mol. The second-order valence-corrected chi connectivity index (χ2v) is 9.73. The van der Waals surface area contributed by atoms with Gasteiger partial charge in [0, 0.05) is 29.7 Å². The number of hydrogen-bond donors (Lipinski definition) is 2. The number of nitrogens with zero attached hydrogens (tertiary/aromatic N) is 4. The number of likely N-dealkylation sites (tertiary alicyclic amines) is 1. The summed E-state index contributed by atoms with van der Waals surface area (Å²) in [6.45, 7) is 1.36. The summed E-state index contributed by atoms with van der Waals surface area (Å²) in [5.74, 6) is -5.30. The lowest BCUT2D eigenvalue weighted by Gasteiger charge is -2.20. The molecule has 1 saturated heterocycles. The van der Waals surface area contributed by atoms with Crippen LogP contribution in [0.5, 0.6) is 0 Å². The number of fused-ring (bicyclic) bond motifs is 1. The number of carbonyl (C=O) groups excluding carboxylic acids is 2. The molecule has 16 heteroatoms. The molecule has 2 aromatic heterocycles. The summed E-state index contributed by atoms with van der Waals surface area (Å²) in [7, 11) is 0. The smallest absolute Gasteiger partial charge is 0.382 e. The number of amides is 2. The lowest BCUT2D eigenvalue weighted by atomic mass is 9.98. The third-order valence-corrected chi connectivity index (χ3v) is 6.93. The summed E-state index contributed by atoms with van der Waals surface area (Å²) in [5.41, 5.74) is 3.05. The number of rotatable bonds is 6. The maximum atomic E-state index is 15.2. The summed E-state index contributed by atoms with van der Waals surface area (Å²) in [5, 5.41) is 6.14. The van der Waals surface area contributed by atoms with E-state index in [4.69, 9.17) is 5.73 Å². The van der Waals surface area contributed by atoms with Crippen LogP contribution in [0, 0.1) is 11.7 Å². The molecule has 0 saturated carbocycles. The van der Waals surface area contributed by atoms with Crippen LogP contribution in [0.15, 0.2) is 24.5 Å². The minimum atomic E-state index is -4.87. The number of nitrogens with one attached hydrogen (secondary N) is 1. The highest BCUT2D eigenvalue weighted by Gasteiger charge is 2.42. The Labute approximate surface area is 227 Å². The van der Waals surface area contributed by atoms with E-state index in [1.807, 2.05) is 0 Å². The molecule has 1 aliphatic heterocycles. The van der Waals surface area contributed by atoms with Crippen molar-refractivity contribution in [2.45, 2.75) is 51.3 Å². The quantitative estimate of drug-likeness (QED) is 0.409. The predicted molar refractivity (Wildman–Crippen MR) is 130 cm³/mol. The van der Waals surface area contributed by atoms with Crippen LogP contribution >= 0.6 is 0 Å². The van der Waals surface area contributed by atoms with Gasteiger partial charge in [0.15, 0.2) is 5.82 Å². The zero-order chi connectivity index (χ0) is 30.4. The fourth-order valence-corrected chi connectivity index (χ4v) is 4.69. The summed E-state index contributed by atoms with van der Waals surface area (Å²) in [6.07, 6.45) is -11.3. The van der Waals surface area contributed by atoms with Crippen molar-refractivity contribution in [3.8, 4) is 11.3 Å². The van der Waals surface area contributed by atoms with E-state index >= 15 is 4.39 Å². The molecular formula is C25H24F8N6O2. The predicted octanol–water partition coefficient (Wildman–Crippen LogP) is 4.57. The largest absolute Gasteiger partial charge is 0.418 e. The molecule has 1 aliphatic rings. The molecule has 41 heavy (non-hydrogen) atoms. The Hall–Kier alpha value is -3.98. The molecule has 2 amide bonds. The van der Waals surface area contributed by atoms with E-state index in [1.165, 1.54) is 6.92 Å². The second-order valence-electron chi connectivity index (χ2n) is 9.73. The van der Waals surface area contributed by atoms with Crippen molar-refractivity contribution in [2.75, 3.05) is 18.8 Å². The Morgan fingerprint density at radius 2 is 1.83 bits per heavy atom. The molecular weight excluding hydrogens is 568 g/mol. The number of carbonyl (C=O) groups is 2. The molecule has 8 nitrogen and oxygen atoms in total. The molecule has 4 rings (SSSR count). The van der Waals surface area contributed by atoms with Crippen molar-refractivity contribution >= 4 is 23.1 Å². The number of nitrogen functional groups attached to an aromatic ring is 1. The molecule has 1 aromatic carbocycles. The van der Waals surface area contributed by atoms with Gasteiger partial charge in [-0.15, -0.1) is 0 Å². The van der Waals surface area contributed by atoms with Gasteiger partial charge in [0.05, 0.1) is 29.8 Å². The third kappa shape index (κ3) is 5.91. The number of benzene rings is 1. The number of aromatic nitrogens is 3. The maximum Gasteiger partial charge on any atom is 0.418 e. The van der Waals surface area contributed by atoms with Gasteiger partial charge < -0.3 is 16.0 Å². The third-order valence-electron chi connectivity index (χ3n) is 6.93. The number of nitrogens with two attached hydrogens (primary N) is 1. The average Bonchev–Trinajstić information content (AvgIpc) is 3.44. The normalized spacial score (nSPS) is 18.6. The van der Waals surface area contributed by atoms with Crippen molar-refractivity contribution in [1.82, 2.24) is 24.8 Å². The van der Waals surface area contributed by atoms with Gasteiger partial charge in [-0.1, -0.05) is 13.8 Å². The highest BCUT2D eigenvalue weighted by Crippen LogP contribution is 2.39. The number of anilines is 1. The minimum Gasteiger partial charge on any atom is -0.382 e. The first-order chi connectivity index (χ1) is 19.0. The summed E-state index contributed by atoms with van der Waals surface area (Å²) in [6, 6.07) is 1.41. The first kappa shape index (κ1) is 30.0. The van der Waals surface area contributed by atoms with Crippen molar-refractivity contribution in [1.29, 1.82) is 0 Å². The van der Waals surface area contributed by atoms with Crippen LogP contribution in [0.3, 0.4) is 0 Å². The van der Waals surface area contributed by atoms with E-state index in [1.54, 1.807) is 0 Å². The van der Waals surface area contributed by atoms with Gasteiger partial charge in [-0.3, -0.25) is 9.59 Å². The molecule has 3 N–H and O–H groups in total. The van der Waals surface area contributed by atoms with Gasteiger partial charge in [0.2, 0.25) is 5.91 Å². The number of hydrogen-bond acceptors (Lipinski definition) is 5. The van der Waals surface area contributed by atoms with E-state index in [-0.39, 0.29) is 28.8 Å². The first-order valence-electron chi connectivity index (χ1n) is 12.3.